The molecule has 0 atom stereocenters. The van der Waals surface area contributed by atoms with E-state index in [4.69, 9.17) is 0 Å². The van der Waals surface area contributed by atoms with Gasteiger partial charge in [-0.05, 0) is 13.0 Å². The predicted molar refractivity (Wildman–Crippen MR) is 82.4 cm³/mol. The third-order valence-corrected chi connectivity index (χ3v) is 2.21. The Bertz CT molecular complexity index is 438. The van der Waals surface area contributed by atoms with E-state index in [0.29, 0.717) is 18.1 Å². The van der Waals surface area contributed by atoms with E-state index in [2.05, 4.69) is 20.4 Å². The molecule has 0 aliphatic carbocycles. The average Bonchev–Trinajstić information content (AvgIpc) is 2.34. The molecule has 0 aliphatic rings. The molecule has 0 aliphatic heterocycles. The topological polar surface area (TPSA) is 45.7 Å². The zero-order valence-corrected chi connectivity index (χ0v) is 13.5. The summed E-state index contributed by atoms with van der Waals surface area (Å²) in [5.74, 6) is 0.304. The van der Waals surface area contributed by atoms with Crippen LogP contribution in [0.4, 0.5) is 13.2 Å². The molecule has 1 aromatic carbocycles. The summed E-state index contributed by atoms with van der Waals surface area (Å²) in [6.45, 7) is 2.75. The van der Waals surface area contributed by atoms with Crippen molar-refractivity contribution in [3.05, 3.63) is 29.8 Å². The van der Waals surface area contributed by atoms with Gasteiger partial charge in [0.05, 0.1) is 0 Å². The van der Waals surface area contributed by atoms with Crippen LogP contribution in [0.5, 0.6) is 5.75 Å². The van der Waals surface area contributed by atoms with Crippen LogP contribution in [0.15, 0.2) is 29.3 Å². The lowest BCUT2D eigenvalue weighted by Crippen LogP contribution is -2.36. The second-order valence-corrected chi connectivity index (χ2v) is 3.61. The molecule has 0 radical (unpaired) electrons. The van der Waals surface area contributed by atoms with E-state index in [1.54, 1.807) is 19.2 Å². The van der Waals surface area contributed by atoms with Crippen LogP contribution in [0, 0.1) is 0 Å². The highest BCUT2D eigenvalue weighted by Gasteiger charge is 2.31. The fourth-order valence-electron chi connectivity index (χ4n) is 1.44. The van der Waals surface area contributed by atoms with Crippen LogP contribution in [0.1, 0.15) is 12.5 Å². The number of aliphatic imine (C=N–C) groups is 1. The van der Waals surface area contributed by atoms with Crippen LogP contribution in [-0.2, 0) is 6.54 Å². The molecule has 2 N–H and O–H groups in total. The fourth-order valence-corrected chi connectivity index (χ4v) is 1.44. The maximum Gasteiger partial charge on any atom is 0.573 e. The van der Waals surface area contributed by atoms with Gasteiger partial charge in [-0.25, -0.2) is 0 Å². The van der Waals surface area contributed by atoms with Crippen LogP contribution in [0.2, 0.25) is 0 Å². The first-order chi connectivity index (χ1) is 8.96. The number of ether oxygens (including phenoxy) is 1. The smallest absolute Gasteiger partial charge is 0.405 e. The number of nitrogens with one attached hydrogen (secondary N) is 2. The Morgan fingerprint density at radius 2 is 1.90 bits per heavy atom. The number of hydrogen-bond acceptors (Lipinski definition) is 2. The van der Waals surface area contributed by atoms with Crippen molar-refractivity contribution in [1.29, 1.82) is 0 Å². The minimum atomic E-state index is -4.69. The third-order valence-electron chi connectivity index (χ3n) is 2.21. The number of benzene rings is 1. The molecule has 0 saturated heterocycles. The summed E-state index contributed by atoms with van der Waals surface area (Å²) in [5, 5.41) is 5.85. The molecular formula is C12H17F3IN3O. The van der Waals surface area contributed by atoms with Crippen molar-refractivity contribution in [3.63, 3.8) is 0 Å². The van der Waals surface area contributed by atoms with Gasteiger partial charge in [-0.3, -0.25) is 4.99 Å². The molecule has 0 aromatic heterocycles. The molecule has 0 bridgehead atoms. The van der Waals surface area contributed by atoms with Gasteiger partial charge < -0.3 is 15.4 Å². The van der Waals surface area contributed by atoms with Gasteiger partial charge >= 0.3 is 6.36 Å². The van der Waals surface area contributed by atoms with Gasteiger partial charge in [0.1, 0.15) is 5.75 Å². The minimum Gasteiger partial charge on any atom is -0.405 e. The quantitative estimate of drug-likeness (QED) is 0.462. The summed E-state index contributed by atoms with van der Waals surface area (Å²) in [6, 6.07) is 5.98. The summed E-state index contributed by atoms with van der Waals surface area (Å²) in [5.41, 5.74) is 0.402. The second-order valence-electron chi connectivity index (χ2n) is 3.61. The van der Waals surface area contributed by atoms with Crippen LogP contribution < -0.4 is 15.4 Å². The molecule has 4 nitrogen and oxygen atoms in total. The van der Waals surface area contributed by atoms with E-state index in [0.717, 1.165) is 0 Å². The van der Waals surface area contributed by atoms with Gasteiger partial charge in [-0.2, -0.15) is 0 Å². The molecule has 0 spiro atoms. The Hall–Kier alpha value is -1.19. The summed E-state index contributed by atoms with van der Waals surface area (Å²) < 4.78 is 40.6. The molecule has 1 rings (SSSR count). The molecular weight excluding hydrogens is 386 g/mol. The first kappa shape index (κ1) is 18.8. The summed E-state index contributed by atoms with van der Waals surface area (Å²) in [6.07, 6.45) is -4.69. The Kier molecular flexibility index (Phi) is 8.35. The maximum absolute atomic E-state index is 12.2. The zero-order valence-electron chi connectivity index (χ0n) is 11.1. The molecule has 114 valence electrons. The number of hydrogen-bond donors (Lipinski definition) is 2. The normalized spacial score (nSPS) is 11.6. The van der Waals surface area contributed by atoms with Crippen molar-refractivity contribution >= 4 is 29.9 Å². The number of alkyl halides is 3. The van der Waals surface area contributed by atoms with E-state index in [1.165, 1.54) is 12.1 Å². The van der Waals surface area contributed by atoms with Gasteiger partial charge in [0.15, 0.2) is 5.96 Å². The maximum atomic E-state index is 12.2. The minimum absolute atomic E-state index is 0. The monoisotopic (exact) mass is 403 g/mol. The van der Waals surface area contributed by atoms with Crippen molar-refractivity contribution in [2.24, 2.45) is 4.99 Å². The predicted octanol–water partition coefficient (Wildman–Crippen LogP) is 2.89. The van der Waals surface area contributed by atoms with Crippen LogP contribution >= 0.6 is 24.0 Å². The average molecular weight is 403 g/mol. The number of halogens is 4. The SMILES string of the molecule is CCNC(=NC)NCc1ccccc1OC(F)(F)F.I. The summed E-state index contributed by atoms with van der Waals surface area (Å²) in [4.78, 5) is 3.93. The molecule has 0 fully saturated rings. The largest absolute Gasteiger partial charge is 0.573 e. The van der Waals surface area contributed by atoms with E-state index < -0.39 is 6.36 Å². The van der Waals surface area contributed by atoms with E-state index in [1.807, 2.05) is 6.92 Å². The molecule has 20 heavy (non-hydrogen) atoms. The van der Waals surface area contributed by atoms with E-state index in [-0.39, 0.29) is 36.3 Å². The van der Waals surface area contributed by atoms with Crippen molar-refractivity contribution in [3.8, 4) is 5.75 Å². The van der Waals surface area contributed by atoms with Gasteiger partial charge in [0, 0.05) is 25.7 Å². The third kappa shape index (κ3) is 6.83. The highest BCUT2D eigenvalue weighted by atomic mass is 127. The highest BCUT2D eigenvalue weighted by molar-refractivity contribution is 14.0. The molecule has 0 unspecified atom stereocenters. The Balaban J connectivity index is 0.00000361. The molecule has 0 saturated carbocycles. The standard InChI is InChI=1S/C12H16F3N3O.HI/c1-3-17-11(16-2)18-8-9-6-4-5-7-10(9)19-12(13,14)15;/h4-7H,3,8H2,1-2H3,(H2,16,17,18);1H. The lowest BCUT2D eigenvalue weighted by Gasteiger charge is -2.15. The van der Waals surface area contributed by atoms with E-state index in [9.17, 15) is 13.2 Å². The molecule has 0 amide bonds. The Labute approximate surface area is 132 Å². The lowest BCUT2D eigenvalue weighted by atomic mass is 10.2. The van der Waals surface area contributed by atoms with Gasteiger partial charge in [-0.1, -0.05) is 18.2 Å². The second kappa shape index (κ2) is 8.88. The number of nitrogens with zero attached hydrogens (tertiary/aromatic N) is 1. The first-order valence-corrected chi connectivity index (χ1v) is 5.74. The summed E-state index contributed by atoms with van der Waals surface area (Å²) >= 11 is 0. The number of guanidine groups is 1. The van der Waals surface area contributed by atoms with Crippen molar-refractivity contribution < 1.29 is 17.9 Å². The van der Waals surface area contributed by atoms with E-state index >= 15 is 0 Å². The van der Waals surface area contributed by atoms with Crippen LogP contribution in [0.3, 0.4) is 0 Å². The highest BCUT2D eigenvalue weighted by Crippen LogP contribution is 2.25. The van der Waals surface area contributed by atoms with Crippen molar-refractivity contribution in [2.45, 2.75) is 19.8 Å². The Morgan fingerprint density at radius 3 is 2.45 bits per heavy atom. The molecule has 8 heteroatoms. The zero-order chi connectivity index (χ0) is 14.3. The summed E-state index contributed by atoms with van der Waals surface area (Å²) in [7, 11) is 1.59. The molecule has 1 aromatic rings. The van der Waals surface area contributed by atoms with Crippen molar-refractivity contribution in [1.82, 2.24) is 10.6 Å². The van der Waals surface area contributed by atoms with Gasteiger partial charge in [0.2, 0.25) is 0 Å². The fraction of sp³-hybridized carbons (Fsp3) is 0.417. The van der Waals surface area contributed by atoms with Crippen LogP contribution in [0.25, 0.3) is 0 Å². The number of para-hydroxylation sites is 1. The van der Waals surface area contributed by atoms with Crippen LogP contribution in [-0.4, -0.2) is 25.9 Å². The van der Waals surface area contributed by atoms with Gasteiger partial charge in [-0.15, -0.1) is 37.1 Å². The van der Waals surface area contributed by atoms with Gasteiger partial charge in [0.25, 0.3) is 0 Å². The lowest BCUT2D eigenvalue weighted by molar-refractivity contribution is -0.274. The first-order valence-electron chi connectivity index (χ1n) is 5.74. The molecule has 0 heterocycles. The van der Waals surface area contributed by atoms with Crippen molar-refractivity contribution in [2.75, 3.05) is 13.6 Å². The number of rotatable bonds is 4. The Morgan fingerprint density at radius 1 is 1.25 bits per heavy atom.